The van der Waals surface area contributed by atoms with E-state index in [-0.39, 0.29) is 6.10 Å². The van der Waals surface area contributed by atoms with Crippen molar-refractivity contribution in [2.75, 3.05) is 5.73 Å². The van der Waals surface area contributed by atoms with Crippen molar-refractivity contribution in [3.63, 3.8) is 0 Å². The first kappa shape index (κ1) is 9.85. The molecule has 0 unspecified atom stereocenters. The topological polar surface area (TPSA) is 70.1 Å². The summed E-state index contributed by atoms with van der Waals surface area (Å²) >= 11 is 0. The van der Waals surface area contributed by atoms with Gasteiger partial charge in [-0.25, -0.2) is 9.18 Å². The fourth-order valence-electron chi connectivity index (χ4n) is 1.36. The van der Waals surface area contributed by atoms with Gasteiger partial charge in [0.15, 0.2) is 17.9 Å². The van der Waals surface area contributed by atoms with E-state index in [4.69, 9.17) is 10.5 Å². The Morgan fingerprint density at radius 2 is 2.33 bits per heavy atom. The number of nitrogens with two attached hydrogens (primary N) is 1. The molecule has 0 spiro atoms. The zero-order valence-corrected chi connectivity index (χ0v) is 8.05. The fourth-order valence-corrected chi connectivity index (χ4v) is 1.36. The molecule has 1 aromatic heterocycles. The third-order valence-corrected chi connectivity index (χ3v) is 2.11. The van der Waals surface area contributed by atoms with E-state index in [1.54, 1.807) is 12.2 Å². The highest BCUT2D eigenvalue weighted by Crippen LogP contribution is 2.19. The van der Waals surface area contributed by atoms with E-state index < -0.39 is 23.6 Å². The summed E-state index contributed by atoms with van der Waals surface area (Å²) in [6, 6.07) is 0. The largest absolute Gasteiger partial charge is 0.381 e. The molecule has 2 N–H and O–H groups in total. The van der Waals surface area contributed by atoms with Crippen LogP contribution in [-0.2, 0) is 4.74 Å². The lowest BCUT2D eigenvalue weighted by Gasteiger charge is -2.13. The summed E-state index contributed by atoms with van der Waals surface area (Å²) in [7, 11) is 0. The minimum Gasteiger partial charge on any atom is -0.381 e. The highest BCUT2D eigenvalue weighted by molar-refractivity contribution is 5.26. The first-order valence-corrected chi connectivity index (χ1v) is 4.46. The van der Waals surface area contributed by atoms with Gasteiger partial charge in [-0.1, -0.05) is 6.08 Å². The van der Waals surface area contributed by atoms with Crippen LogP contribution in [0.25, 0.3) is 0 Å². The zero-order valence-electron chi connectivity index (χ0n) is 8.05. The van der Waals surface area contributed by atoms with Gasteiger partial charge in [-0.2, -0.15) is 4.98 Å². The summed E-state index contributed by atoms with van der Waals surface area (Å²) in [4.78, 5) is 14.7. The average Bonchev–Trinajstić information content (AvgIpc) is 2.58. The maximum absolute atomic E-state index is 13.1. The third-order valence-electron chi connectivity index (χ3n) is 2.11. The van der Waals surface area contributed by atoms with Crippen molar-refractivity contribution >= 4 is 5.82 Å². The number of ether oxygens (including phenoxy) is 1. The smallest absolute Gasteiger partial charge is 0.352 e. The molecule has 0 radical (unpaired) electrons. The predicted molar refractivity (Wildman–Crippen MR) is 51.6 cm³/mol. The highest BCUT2D eigenvalue weighted by atomic mass is 19.1. The Labute approximate surface area is 85.0 Å². The molecule has 1 aliphatic rings. The first-order valence-electron chi connectivity index (χ1n) is 4.46. The molecule has 80 valence electrons. The molecule has 2 atom stereocenters. The van der Waals surface area contributed by atoms with E-state index in [9.17, 15) is 9.18 Å². The maximum atomic E-state index is 13.1. The van der Waals surface area contributed by atoms with Gasteiger partial charge in [-0.15, -0.1) is 0 Å². The van der Waals surface area contributed by atoms with E-state index in [2.05, 4.69) is 4.98 Å². The molecule has 2 heterocycles. The van der Waals surface area contributed by atoms with Crippen LogP contribution in [0.2, 0.25) is 0 Å². The number of rotatable bonds is 1. The Morgan fingerprint density at radius 3 is 2.93 bits per heavy atom. The molecule has 6 heteroatoms. The fraction of sp³-hybridized carbons (Fsp3) is 0.333. The normalized spacial score (nSPS) is 24.7. The van der Waals surface area contributed by atoms with E-state index in [1.165, 1.54) is 0 Å². The van der Waals surface area contributed by atoms with Crippen molar-refractivity contribution in [3.05, 3.63) is 34.7 Å². The van der Waals surface area contributed by atoms with Crippen LogP contribution in [0.3, 0.4) is 0 Å². The number of anilines is 1. The standard InChI is InChI=1S/C9H10FN3O2/c1-5-2-3-7(15-5)13-4-6(10)8(11)12-9(13)14/h2-5,7H,1H3,(H2,11,12,14)/t5-,7-/m1/s1. The highest BCUT2D eigenvalue weighted by Gasteiger charge is 2.19. The van der Waals surface area contributed by atoms with Crippen LogP contribution in [0.15, 0.2) is 23.1 Å². The molecule has 5 nitrogen and oxygen atoms in total. The van der Waals surface area contributed by atoms with Crippen LogP contribution in [0.1, 0.15) is 13.2 Å². The van der Waals surface area contributed by atoms with Crippen molar-refractivity contribution in [1.29, 1.82) is 0 Å². The molecule has 1 aromatic rings. The van der Waals surface area contributed by atoms with Gasteiger partial charge in [0.1, 0.15) is 0 Å². The molecule has 2 rings (SSSR count). The molecular formula is C9H10FN3O2. The predicted octanol–water partition coefficient (Wildman–Crippen LogP) is 0.438. The molecule has 0 bridgehead atoms. The molecule has 15 heavy (non-hydrogen) atoms. The van der Waals surface area contributed by atoms with Crippen LogP contribution in [0, 0.1) is 5.82 Å². The van der Waals surface area contributed by atoms with Crippen molar-refractivity contribution in [2.24, 2.45) is 0 Å². The Kier molecular flexibility index (Phi) is 2.28. The van der Waals surface area contributed by atoms with Gasteiger partial charge in [0.25, 0.3) is 0 Å². The molecule has 0 saturated heterocycles. The average molecular weight is 211 g/mol. The maximum Gasteiger partial charge on any atom is 0.352 e. The molecule has 0 aromatic carbocycles. The lowest BCUT2D eigenvalue weighted by Crippen LogP contribution is -2.28. The van der Waals surface area contributed by atoms with Gasteiger partial charge in [-0.05, 0) is 13.0 Å². The Balaban J connectivity index is 2.41. The zero-order chi connectivity index (χ0) is 11.0. The summed E-state index contributed by atoms with van der Waals surface area (Å²) in [5.41, 5.74) is 4.53. The number of hydrogen-bond donors (Lipinski definition) is 1. The minimum absolute atomic E-state index is 0.0949. The van der Waals surface area contributed by atoms with Crippen molar-refractivity contribution in [1.82, 2.24) is 9.55 Å². The minimum atomic E-state index is -0.730. The van der Waals surface area contributed by atoms with E-state index in [0.717, 1.165) is 10.8 Å². The van der Waals surface area contributed by atoms with E-state index in [0.29, 0.717) is 0 Å². The quantitative estimate of drug-likeness (QED) is 0.684. The number of hydrogen-bond acceptors (Lipinski definition) is 4. The summed E-state index contributed by atoms with van der Waals surface area (Å²) in [5.74, 6) is -1.13. The second-order valence-corrected chi connectivity index (χ2v) is 3.28. The van der Waals surface area contributed by atoms with Gasteiger partial charge >= 0.3 is 5.69 Å². The van der Waals surface area contributed by atoms with Crippen LogP contribution in [0.5, 0.6) is 0 Å². The summed E-state index contributed by atoms with van der Waals surface area (Å²) in [6.07, 6.45) is 3.75. The summed E-state index contributed by atoms with van der Waals surface area (Å²) < 4.78 is 19.5. The van der Waals surface area contributed by atoms with Crippen LogP contribution >= 0.6 is 0 Å². The molecule has 0 amide bonds. The van der Waals surface area contributed by atoms with Crippen molar-refractivity contribution in [3.8, 4) is 0 Å². The lowest BCUT2D eigenvalue weighted by atomic mass is 10.4. The summed E-state index contributed by atoms with van der Waals surface area (Å²) in [5, 5.41) is 0. The number of nitrogens with zero attached hydrogens (tertiary/aromatic N) is 2. The monoisotopic (exact) mass is 211 g/mol. The van der Waals surface area contributed by atoms with Crippen LogP contribution in [0.4, 0.5) is 10.2 Å². The molecule has 0 fully saturated rings. The van der Waals surface area contributed by atoms with Crippen LogP contribution < -0.4 is 11.4 Å². The Morgan fingerprint density at radius 1 is 1.60 bits per heavy atom. The van der Waals surface area contributed by atoms with Crippen molar-refractivity contribution in [2.45, 2.75) is 19.3 Å². The van der Waals surface area contributed by atoms with E-state index in [1.807, 2.05) is 6.92 Å². The van der Waals surface area contributed by atoms with Gasteiger partial charge in [-0.3, -0.25) is 4.57 Å². The van der Waals surface area contributed by atoms with Crippen molar-refractivity contribution < 1.29 is 9.13 Å². The van der Waals surface area contributed by atoms with Crippen LogP contribution in [-0.4, -0.2) is 15.7 Å². The van der Waals surface area contributed by atoms with Gasteiger partial charge in [0.2, 0.25) is 0 Å². The Hall–Kier alpha value is -1.69. The second-order valence-electron chi connectivity index (χ2n) is 3.28. The first-order chi connectivity index (χ1) is 7.08. The third kappa shape index (κ3) is 1.75. The van der Waals surface area contributed by atoms with Gasteiger partial charge in [0.05, 0.1) is 12.3 Å². The number of aromatic nitrogens is 2. The molecule has 0 saturated carbocycles. The molecule has 0 aliphatic carbocycles. The SMILES string of the molecule is C[C@@H]1C=C[C@H](n2cc(F)c(N)nc2=O)O1. The number of nitrogen functional groups attached to an aromatic ring is 1. The number of halogens is 1. The second kappa shape index (κ2) is 3.47. The Bertz CT molecular complexity index is 469. The summed E-state index contributed by atoms with van der Waals surface area (Å²) in [6.45, 7) is 1.82. The molecular weight excluding hydrogens is 201 g/mol. The molecule has 1 aliphatic heterocycles. The van der Waals surface area contributed by atoms with Gasteiger partial charge < -0.3 is 10.5 Å². The lowest BCUT2D eigenvalue weighted by molar-refractivity contribution is 0.0240. The van der Waals surface area contributed by atoms with E-state index >= 15 is 0 Å². The van der Waals surface area contributed by atoms with Gasteiger partial charge in [0, 0.05) is 0 Å².